The van der Waals surface area contributed by atoms with Gasteiger partial charge in [0, 0.05) is 6.42 Å². The van der Waals surface area contributed by atoms with Crippen molar-refractivity contribution in [2.24, 2.45) is 0 Å². The van der Waals surface area contributed by atoms with E-state index in [9.17, 15) is 4.79 Å². The van der Waals surface area contributed by atoms with E-state index in [1.807, 2.05) is 73.7 Å². The summed E-state index contributed by atoms with van der Waals surface area (Å²) in [5.74, 6) is 0.754. The van der Waals surface area contributed by atoms with E-state index in [-0.39, 0.29) is 5.56 Å². The van der Waals surface area contributed by atoms with Gasteiger partial charge >= 0.3 is 0 Å². The molecule has 0 aliphatic carbocycles. The molecule has 0 unspecified atom stereocenters. The number of fused-ring (bicyclic) bond motifs is 1. The van der Waals surface area contributed by atoms with Crippen molar-refractivity contribution in [2.45, 2.75) is 13.3 Å². The quantitative estimate of drug-likeness (QED) is 0.563. The summed E-state index contributed by atoms with van der Waals surface area (Å²) in [6, 6.07) is 25.6. The summed E-state index contributed by atoms with van der Waals surface area (Å²) in [5, 5.41) is 0.641. The Morgan fingerprint density at radius 2 is 1.52 bits per heavy atom. The zero-order chi connectivity index (χ0) is 17.2. The Balaban J connectivity index is 2.01. The van der Waals surface area contributed by atoms with Crippen molar-refractivity contribution >= 4 is 10.9 Å². The van der Waals surface area contributed by atoms with Crippen LogP contribution in [0, 0.1) is 6.92 Å². The molecule has 1 aromatic heterocycles. The van der Waals surface area contributed by atoms with Gasteiger partial charge in [0.05, 0.1) is 16.6 Å². The standard InChI is InChI=1S/C22H18N2O/c1-16-9-5-8-14-20(16)24-21(15-17-10-3-2-4-11-17)23-19-13-7-6-12-18(19)22(24)25/h2-14H,15H2,1H3. The van der Waals surface area contributed by atoms with E-state index in [0.717, 1.165) is 28.2 Å². The Labute approximate surface area is 146 Å². The molecule has 0 radical (unpaired) electrons. The minimum atomic E-state index is -0.0224. The smallest absolute Gasteiger partial charge is 0.265 e. The Hall–Kier alpha value is -3.20. The molecular formula is C22H18N2O. The fraction of sp³-hybridized carbons (Fsp3) is 0.0909. The lowest BCUT2D eigenvalue weighted by Gasteiger charge is -2.15. The van der Waals surface area contributed by atoms with Gasteiger partial charge in [-0.15, -0.1) is 0 Å². The molecule has 3 aromatic carbocycles. The van der Waals surface area contributed by atoms with Crippen LogP contribution in [0.5, 0.6) is 0 Å². The summed E-state index contributed by atoms with van der Waals surface area (Å²) in [4.78, 5) is 18.0. The first kappa shape index (κ1) is 15.3. The molecule has 0 fully saturated rings. The van der Waals surface area contributed by atoms with Crippen LogP contribution in [0.2, 0.25) is 0 Å². The summed E-state index contributed by atoms with van der Waals surface area (Å²) in [7, 11) is 0. The van der Waals surface area contributed by atoms with Crippen molar-refractivity contribution in [1.82, 2.24) is 9.55 Å². The molecule has 3 heteroatoms. The van der Waals surface area contributed by atoms with Gasteiger partial charge in [0.2, 0.25) is 0 Å². The number of rotatable bonds is 3. The predicted molar refractivity (Wildman–Crippen MR) is 101 cm³/mol. The molecule has 0 atom stereocenters. The summed E-state index contributed by atoms with van der Waals surface area (Å²) in [6.07, 6.45) is 0.606. The van der Waals surface area contributed by atoms with Crippen molar-refractivity contribution < 1.29 is 0 Å². The van der Waals surface area contributed by atoms with Crippen LogP contribution in [0.4, 0.5) is 0 Å². The number of aryl methyl sites for hydroxylation is 1. The van der Waals surface area contributed by atoms with E-state index in [1.165, 1.54) is 0 Å². The van der Waals surface area contributed by atoms with Crippen LogP contribution in [0.15, 0.2) is 83.7 Å². The average molecular weight is 326 g/mol. The highest BCUT2D eigenvalue weighted by molar-refractivity contribution is 5.78. The minimum absolute atomic E-state index is 0.0224. The van der Waals surface area contributed by atoms with Crippen LogP contribution in [0.1, 0.15) is 17.0 Å². The van der Waals surface area contributed by atoms with E-state index in [1.54, 1.807) is 4.57 Å². The molecule has 1 heterocycles. The van der Waals surface area contributed by atoms with Crippen LogP contribution < -0.4 is 5.56 Å². The molecule has 0 saturated heterocycles. The van der Waals surface area contributed by atoms with Gasteiger partial charge < -0.3 is 0 Å². The molecular weight excluding hydrogens is 308 g/mol. The second-order valence-electron chi connectivity index (χ2n) is 6.13. The number of benzene rings is 3. The first-order valence-electron chi connectivity index (χ1n) is 8.34. The normalized spacial score (nSPS) is 10.9. The molecule has 0 amide bonds. The Kier molecular flexibility index (Phi) is 3.90. The average Bonchev–Trinajstić information content (AvgIpc) is 2.64. The summed E-state index contributed by atoms with van der Waals surface area (Å²) >= 11 is 0. The lowest BCUT2D eigenvalue weighted by molar-refractivity contribution is 0.845. The summed E-state index contributed by atoms with van der Waals surface area (Å²) in [5.41, 5.74) is 3.79. The molecule has 0 aliphatic rings. The van der Waals surface area contributed by atoms with Crippen LogP contribution in [-0.4, -0.2) is 9.55 Å². The number of hydrogen-bond acceptors (Lipinski definition) is 2. The van der Waals surface area contributed by atoms with Gasteiger partial charge in [-0.3, -0.25) is 9.36 Å². The van der Waals surface area contributed by atoms with Crippen LogP contribution in [0.3, 0.4) is 0 Å². The van der Waals surface area contributed by atoms with Crippen molar-refractivity contribution in [1.29, 1.82) is 0 Å². The molecule has 3 nitrogen and oxygen atoms in total. The maximum Gasteiger partial charge on any atom is 0.265 e. The highest BCUT2D eigenvalue weighted by atomic mass is 16.1. The third kappa shape index (κ3) is 2.85. The van der Waals surface area contributed by atoms with Crippen LogP contribution in [0.25, 0.3) is 16.6 Å². The third-order valence-corrected chi connectivity index (χ3v) is 4.41. The van der Waals surface area contributed by atoms with E-state index in [0.29, 0.717) is 11.8 Å². The molecule has 25 heavy (non-hydrogen) atoms. The maximum atomic E-state index is 13.2. The molecule has 4 aromatic rings. The molecule has 4 rings (SSSR count). The van der Waals surface area contributed by atoms with Crippen molar-refractivity contribution in [2.75, 3.05) is 0 Å². The monoisotopic (exact) mass is 326 g/mol. The lowest BCUT2D eigenvalue weighted by atomic mass is 10.1. The Bertz CT molecular complexity index is 1100. The zero-order valence-corrected chi connectivity index (χ0v) is 14.0. The number of hydrogen-bond donors (Lipinski definition) is 0. The topological polar surface area (TPSA) is 34.9 Å². The van der Waals surface area contributed by atoms with Crippen LogP contribution in [-0.2, 0) is 6.42 Å². The lowest BCUT2D eigenvalue weighted by Crippen LogP contribution is -2.24. The summed E-state index contributed by atoms with van der Waals surface area (Å²) in [6.45, 7) is 2.02. The van der Waals surface area contributed by atoms with Gasteiger partial charge in [-0.1, -0.05) is 60.7 Å². The Morgan fingerprint density at radius 1 is 0.840 bits per heavy atom. The largest absolute Gasteiger partial charge is 0.268 e. The fourth-order valence-electron chi connectivity index (χ4n) is 3.14. The zero-order valence-electron chi connectivity index (χ0n) is 14.0. The molecule has 0 bridgehead atoms. The van der Waals surface area contributed by atoms with E-state index < -0.39 is 0 Å². The highest BCUT2D eigenvalue weighted by Crippen LogP contribution is 2.18. The minimum Gasteiger partial charge on any atom is -0.268 e. The first-order valence-corrected chi connectivity index (χ1v) is 8.34. The van der Waals surface area contributed by atoms with Gasteiger partial charge in [-0.2, -0.15) is 0 Å². The van der Waals surface area contributed by atoms with E-state index in [2.05, 4.69) is 12.1 Å². The second-order valence-corrected chi connectivity index (χ2v) is 6.13. The predicted octanol–water partition coefficient (Wildman–Crippen LogP) is 4.28. The van der Waals surface area contributed by atoms with Crippen molar-refractivity contribution in [3.8, 4) is 5.69 Å². The van der Waals surface area contributed by atoms with Gasteiger partial charge in [-0.25, -0.2) is 4.98 Å². The highest BCUT2D eigenvalue weighted by Gasteiger charge is 2.14. The molecule has 122 valence electrons. The molecule has 0 N–H and O–H groups in total. The van der Waals surface area contributed by atoms with Crippen molar-refractivity contribution in [3.63, 3.8) is 0 Å². The second kappa shape index (κ2) is 6.36. The fourth-order valence-corrected chi connectivity index (χ4v) is 3.14. The molecule has 0 saturated carbocycles. The summed E-state index contributed by atoms with van der Waals surface area (Å²) < 4.78 is 1.75. The van der Waals surface area contributed by atoms with Gasteiger partial charge in [-0.05, 0) is 36.2 Å². The maximum absolute atomic E-state index is 13.2. The van der Waals surface area contributed by atoms with Crippen molar-refractivity contribution in [3.05, 3.63) is 106 Å². The SMILES string of the molecule is Cc1ccccc1-n1c(Cc2ccccc2)nc2ccccc2c1=O. The van der Waals surface area contributed by atoms with E-state index >= 15 is 0 Å². The third-order valence-electron chi connectivity index (χ3n) is 4.41. The van der Waals surface area contributed by atoms with E-state index in [4.69, 9.17) is 4.98 Å². The van der Waals surface area contributed by atoms with Gasteiger partial charge in [0.1, 0.15) is 5.82 Å². The number of nitrogens with zero attached hydrogens (tertiary/aromatic N) is 2. The number of para-hydroxylation sites is 2. The van der Waals surface area contributed by atoms with Gasteiger partial charge in [0.15, 0.2) is 0 Å². The molecule has 0 spiro atoms. The van der Waals surface area contributed by atoms with Gasteiger partial charge in [0.25, 0.3) is 5.56 Å². The number of aromatic nitrogens is 2. The Morgan fingerprint density at radius 3 is 2.32 bits per heavy atom. The first-order chi connectivity index (χ1) is 12.2. The van der Waals surface area contributed by atoms with Crippen LogP contribution >= 0.6 is 0 Å². The molecule has 0 aliphatic heterocycles.